The molecule has 1 aromatic carbocycles. The van der Waals surface area contributed by atoms with Crippen molar-refractivity contribution in [2.45, 2.75) is 0 Å². The molecule has 0 aliphatic carbocycles. The highest BCUT2D eigenvalue weighted by Gasteiger charge is 2.03. The van der Waals surface area contributed by atoms with Gasteiger partial charge in [0.05, 0.1) is 16.2 Å². The average Bonchev–Trinajstić information content (AvgIpc) is 2.75. The first kappa shape index (κ1) is 9.47. The predicted molar refractivity (Wildman–Crippen MR) is 64.4 cm³/mol. The molecule has 3 rings (SSSR count). The van der Waals surface area contributed by atoms with Crippen LogP contribution in [0.15, 0.2) is 47.3 Å². The molecule has 5 heteroatoms. The Bertz CT molecular complexity index is 647. The molecule has 0 N–H and O–H groups in total. The summed E-state index contributed by atoms with van der Waals surface area (Å²) < 4.78 is 2.54. The predicted octanol–water partition coefficient (Wildman–Crippen LogP) is 2.58. The van der Waals surface area contributed by atoms with E-state index in [9.17, 15) is 0 Å². The fraction of sp³-hybridized carbons (Fsp3) is 0. The van der Waals surface area contributed by atoms with Gasteiger partial charge in [0.15, 0.2) is 0 Å². The Labute approximate surface area is 100 Å². The maximum absolute atomic E-state index is 4.43. The van der Waals surface area contributed by atoms with Gasteiger partial charge in [0.25, 0.3) is 5.95 Å². The molecule has 2 aromatic heterocycles. The summed E-state index contributed by atoms with van der Waals surface area (Å²) in [6.45, 7) is 0. The van der Waals surface area contributed by atoms with E-state index in [1.54, 1.807) is 17.1 Å². The summed E-state index contributed by atoms with van der Waals surface area (Å²) in [5, 5.41) is 5.16. The van der Waals surface area contributed by atoms with Gasteiger partial charge in [0.1, 0.15) is 0 Å². The molecule has 78 valence electrons. The van der Waals surface area contributed by atoms with Crippen molar-refractivity contribution in [2.24, 2.45) is 0 Å². The van der Waals surface area contributed by atoms with Gasteiger partial charge in [-0.15, -0.1) is 0 Å². The van der Waals surface area contributed by atoms with Gasteiger partial charge in [-0.3, -0.25) is 0 Å². The number of hydrogen-bond acceptors (Lipinski definition) is 3. The highest BCUT2D eigenvalue weighted by Crippen LogP contribution is 2.13. The third kappa shape index (κ3) is 1.59. The van der Waals surface area contributed by atoms with Crippen LogP contribution < -0.4 is 0 Å². The van der Waals surface area contributed by atoms with Gasteiger partial charge in [-0.1, -0.05) is 18.2 Å². The van der Waals surface area contributed by atoms with Crippen LogP contribution in [0.1, 0.15) is 0 Å². The zero-order chi connectivity index (χ0) is 11.0. The molecule has 0 saturated heterocycles. The summed E-state index contributed by atoms with van der Waals surface area (Å²) in [5.41, 5.74) is 0.916. The number of benzene rings is 1. The van der Waals surface area contributed by atoms with Crippen LogP contribution in [-0.2, 0) is 0 Å². The van der Waals surface area contributed by atoms with Crippen LogP contribution in [-0.4, -0.2) is 19.7 Å². The van der Waals surface area contributed by atoms with Crippen molar-refractivity contribution in [3.05, 3.63) is 47.3 Å². The number of rotatable bonds is 1. The minimum Gasteiger partial charge on any atom is -0.219 e. The Kier molecular flexibility index (Phi) is 2.18. The van der Waals surface area contributed by atoms with Gasteiger partial charge in [-0.25, -0.2) is 14.6 Å². The lowest BCUT2D eigenvalue weighted by molar-refractivity contribution is 0.815. The summed E-state index contributed by atoms with van der Waals surface area (Å²) >= 11 is 3.34. The Morgan fingerprint density at radius 3 is 2.81 bits per heavy atom. The molecular formula is C11H7BrN4. The third-order valence-electron chi connectivity index (χ3n) is 2.23. The molecule has 0 spiro atoms. The molecule has 0 amide bonds. The average molecular weight is 275 g/mol. The van der Waals surface area contributed by atoms with E-state index in [1.165, 1.54) is 0 Å². The summed E-state index contributed by atoms with van der Waals surface area (Å²) in [5.74, 6) is 0.574. The van der Waals surface area contributed by atoms with Gasteiger partial charge < -0.3 is 0 Å². The molecule has 0 radical (unpaired) electrons. The number of halogens is 1. The van der Waals surface area contributed by atoms with E-state index in [0.717, 1.165) is 15.4 Å². The topological polar surface area (TPSA) is 43.6 Å². The Hall–Kier alpha value is -1.75. The monoisotopic (exact) mass is 274 g/mol. The van der Waals surface area contributed by atoms with Crippen LogP contribution in [0.25, 0.3) is 16.9 Å². The van der Waals surface area contributed by atoms with E-state index in [1.807, 2.05) is 30.5 Å². The Balaban J connectivity index is 2.18. The first-order valence-electron chi connectivity index (χ1n) is 4.75. The quantitative estimate of drug-likeness (QED) is 0.685. The standard InChI is InChI=1S/C11H7BrN4/c12-9-6-14-16(7-9)11-13-5-8-3-1-2-4-10(8)15-11/h1-7H. The maximum atomic E-state index is 4.43. The third-order valence-corrected chi connectivity index (χ3v) is 2.64. The van der Waals surface area contributed by atoms with E-state index in [4.69, 9.17) is 0 Å². The van der Waals surface area contributed by atoms with E-state index in [-0.39, 0.29) is 0 Å². The van der Waals surface area contributed by atoms with Gasteiger partial charge in [0.2, 0.25) is 0 Å². The zero-order valence-corrected chi connectivity index (χ0v) is 9.79. The number of fused-ring (bicyclic) bond motifs is 1. The molecule has 2 heterocycles. The van der Waals surface area contributed by atoms with Crippen molar-refractivity contribution >= 4 is 26.8 Å². The van der Waals surface area contributed by atoms with Gasteiger partial charge in [0, 0.05) is 17.8 Å². The van der Waals surface area contributed by atoms with Crippen LogP contribution in [0.5, 0.6) is 0 Å². The van der Waals surface area contributed by atoms with Crippen molar-refractivity contribution in [2.75, 3.05) is 0 Å². The zero-order valence-electron chi connectivity index (χ0n) is 8.21. The molecule has 4 nitrogen and oxygen atoms in total. The number of para-hydroxylation sites is 1. The number of aromatic nitrogens is 4. The van der Waals surface area contributed by atoms with Gasteiger partial charge in [-0.2, -0.15) is 5.10 Å². The normalized spacial score (nSPS) is 10.8. The van der Waals surface area contributed by atoms with Gasteiger partial charge >= 0.3 is 0 Å². The first-order valence-corrected chi connectivity index (χ1v) is 5.54. The van der Waals surface area contributed by atoms with E-state index >= 15 is 0 Å². The minimum atomic E-state index is 0.574. The van der Waals surface area contributed by atoms with Gasteiger partial charge in [-0.05, 0) is 22.0 Å². The molecule has 16 heavy (non-hydrogen) atoms. The lowest BCUT2D eigenvalue weighted by Crippen LogP contribution is -2.00. The van der Waals surface area contributed by atoms with E-state index < -0.39 is 0 Å². The highest BCUT2D eigenvalue weighted by molar-refractivity contribution is 9.10. The molecular weight excluding hydrogens is 268 g/mol. The van der Waals surface area contributed by atoms with Crippen LogP contribution in [0.4, 0.5) is 0 Å². The van der Waals surface area contributed by atoms with Crippen molar-refractivity contribution in [1.82, 2.24) is 19.7 Å². The summed E-state index contributed by atoms with van der Waals surface area (Å²) in [6.07, 6.45) is 5.33. The maximum Gasteiger partial charge on any atom is 0.251 e. The van der Waals surface area contributed by atoms with Crippen molar-refractivity contribution in [1.29, 1.82) is 0 Å². The second kappa shape index (κ2) is 3.68. The molecule has 3 aromatic rings. The van der Waals surface area contributed by atoms with Crippen molar-refractivity contribution in [3.63, 3.8) is 0 Å². The molecule has 0 bridgehead atoms. The first-order chi connectivity index (χ1) is 7.83. The fourth-order valence-electron chi connectivity index (χ4n) is 1.48. The highest BCUT2D eigenvalue weighted by atomic mass is 79.9. The summed E-state index contributed by atoms with van der Waals surface area (Å²) in [7, 11) is 0. The van der Waals surface area contributed by atoms with Crippen LogP contribution in [0.3, 0.4) is 0 Å². The summed E-state index contributed by atoms with van der Waals surface area (Å²) in [4.78, 5) is 8.69. The fourth-order valence-corrected chi connectivity index (χ4v) is 1.77. The number of hydrogen-bond donors (Lipinski definition) is 0. The molecule has 0 fully saturated rings. The lowest BCUT2D eigenvalue weighted by Gasteiger charge is -2.00. The van der Waals surface area contributed by atoms with E-state index in [0.29, 0.717) is 5.95 Å². The molecule has 0 aliphatic rings. The molecule has 0 saturated carbocycles. The second-order valence-electron chi connectivity index (χ2n) is 3.33. The van der Waals surface area contributed by atoms with Crippen molar-refractivity contribution < 1.29 is 0 Å². The molecule has 0 aliphatic heterocycles. The molecule has 0 atom stereocenters. The smallest absolute Gasteiger partial charge is 0.219 e. The Morgan fingerprint density at radius 1 is 1.12 bits per heavy atom. The largest absolute Gasteiger partial charge is 0.251 e. The number of nitrogens with zero attached hydrogens (tertiary/aromatic N) is 4. The van der Waals surface area contributed by atoms with Crippen LogP contribution >= 0.6 is 15.9 Å². The minimum absolute atomic E-state index is 0.574. The second-order valence-corrected chi connectivity index (χ2v) is 4.25. The van der Waals surface area contributed by atoms with E-state index in [2.05, 4.69) is 31.0 Å². The van der Waals surface area contributed by atoms with Crippen molar-refractivity contribution in [3.8, 4) is 5.95 Å². The molecule has 0 unspecified atom stereocenters. The van der Waals surface area contributed by atoms with Crippen LogP contribution in [0.2, 0.25) is 0 Å². The van der Waals surface area contributed by atoms with Crippen LogP contribution in [0, 0.1) is 0 Å². The Morgan fingerprint density at radius 2 is 2.00 bits per heavy atom. The summed E-state index contributed by atoms with van der Waals surface area (Å²) in [6, 6.07) is 7.87. The lowest BCUT2D eigenvalue weighted by atomic mass is 10.2. The SMILES string of the molecule is Brc1cnn(-c2ncc3ccccc3n2)c1.